The summed E-state index contributed by atoms with van der Waals surface area (Å²) in [5, 5.41) is 11.8. The molecule has 142 valence electrons. The van der Waals surface area contributed by atoms with E-state index in [1.165, 1.54) is 0 Å². The first-order valence-corrected chi connectivity index (χ1v) is 9.18. The molecule has 0 aromatic rings. The summed E-state index contributed by atoms with van der Waals surface area (Å²) in [5.74, 6) is -0.936. The molecule has 0 aliphatic heterocycles. The first-order valence-electron chi connectivity index (χ1n) is 8.44. The van der Waals surface area contributed by atoms with Crippen molar-refractivity contribution in [3.63, 3.8) is 0 Å². The maximum absolute atomic E-state index is 11.9. The van der Waals surface area contributed by atoms with E-state index in [0.717, 1.165) is 32.1 Å². The monoisotopic (exact) mass is 366 g/mol. The number of unbranched alkanes of at least 4 members (excludes halogenated alkanes) is 2. The van der Waals surface area contributed by atoms with Gasteiger partial charge in [-0.15, -0.1) is 4.33 Å². The molecule has 2 atom stereocenters. The van der Waals surface area contributed by atoms with Gasteiger partial charge in [-0.2, -0.15) is 0 Å². The highest BCUT2D eigenvalue weighted by Crippen LogP contribution is 2.33. The average molecular weight is 366 g/mol. The first kappa shape index (κ1) is 23.2. The van der Waals surface area contributed by atoms with Crippen LogP contribution in [0.5, 0.6) is 0 Å². The molecule has 0 fully saturated rings. The van der Waals surface area contributed by atoms with Gasteiger partial charge in [0, 0.05) is 0 Å². The van der Waals surface area contributed by atoms with Crippen LogP contribution in [-0.4, -0.2) is 28.2 Å². The van der Waals surface area contributed by atoms with E-state index in [-0.39, 0.29) is 18.9 Å². The minimum absolute atomic E-state index is 0.0266. The molecule has 0 amide bonds. The summed E-state index contributed by atoms with van der Waals surface area (Å²) in [6.45, 7) is 7.58. The fraction of sp³-hybridized carbons (Fsp3) is 0.875. The van der Waals surface area contributed by atoms with Crippen LogP contribution in [0.1, 0.15) is 79.1 Å². The van der Waals surface area contributed by atoms with Crippen LogP contribution in [0.4, 0.5) is 0 Å². The number of hydrogen-bond acceptors (Lipinski definition) is 8. The maximum atomic E-state index is 11.9. The van der Waals surface area contributed by atoms with Crippen molar-refractivity contribution in [1.29, 1.82) is 0 Å². The van der Waals surface area contributed by atoms with Crippen molar-refractivity contribution < 1.29 is 33.7 Å². The predicted molar refractivity (Wildman–Crippen MR) is 90.7 cm³/mol. The fourth-order valence-corrected chi connectivity index (χ4v) is 2.55. The topological polar surface area (TPSA) is 91.3 Å². The van der Waals surface area contributed by atoms with Crippen LogP contribution < -0.4 is 0 Å². The second-order valence-corrected chi connectivity index (χ2v) is 7.05. The lowest BCUT2D eigenvalue weighted by Crippen LogP contribution is -2.29. The molecular weight excluding hydrogens is 336 g/mol. The zero-order valence-electron chi connectivity index (χ0n) is 15.0. The van der Waals surface area contributed by atoms with Crippen molar-refractivity contribution >= 4 is 24.0 Å². The predicted octanol–water partition coefficient (Wildman–Crippen LogP) is 4.41. The Morgan fingerprint density at radius 1 is 1.12 bits per heavy atom. The normalized spacial score (nSPS) is 14.7. The Morgan fingerprint density at radius 3 is 2.33 bits per heavy atom. The van der Waals surface area contributed by atoms with Gasteiger partial charge in [-0.25, -0.2) is 5.26 Å². The second kappa shape index (κ2) is 13.5. The Kier molecular flexibility index (Phi) is 13.0. The summed E-state index contributed by atoms with van der Waals surface area (Å²) in [6.07, 6.45) is 4.87. The molecule has 8 heteroatoms. The molecule has 0 aliphatic rings. The third-order valence-electron chi connectivity index (χ3n) is 3.38. The largest absolute Gasteiger partial charge is 0.463 e. The Labute approximate surface area is 148 Å². The Hall–Kier alpha value is -0.830. The van der Waals surface area contributed by atoms with Crippen LogP contribution in [0.2, 0.25) is 0 Å². The molecule has 0 saturated carbocycles. The summed E-state index contributed by atoms with van der Waals surface area (Å²) < 4.78 is 15.0. The number of rotatable bonds is 14. The minimum atomic E-state index is -0.992. The number of ether oxygens (including phenoxy) is 2. The maximum Gasteiger partial charge on any atom is 0.307 e. The molecule has 0 saturated heterocycles. The van der Waals surface area contributed by atoms with Crippen molar-refractivity contribution in [1.82, 2.24) is 0 Å². The van der Waals surface area contributed by atoms with Crippen LogP contribution in [0, 0.1) is 0 Å². The number of hydrogen-bond donors (Lipinski definition) is 1. The van der Waals surface area contributed by atoms with E-state index < -0.39 is 16.9 Å². The molecule has 0 bridgehead atoms. The smallest absolute Gasteiger partial charge is 0.307 e. The number of carbonyl (C=O) groups is 2. The summed E-state index contributed by atoms with van der Waals surface area (Å²) in [4.78, 5) is 22.7. The third-order valence-corrected chi connectivity index (χ3v) is 4.15. The van der Waals surface area contributed by atoms with Crippen molar-refractivity contribution in [2.45, 2.75) is 90.1 Å². The summed E-state index contributed by atoms with van der Waals surface area (Å²) in [6, 6.07) is 0. The quantitative estimate of drug-likeness (QED) is 0.159. The van der Waals surface area contributed by atoms with E-state index in [1.54, 1.807) is 6.92 Å². The molecular formula is C16H30O7S. The third kappa shape index (κ3) is 11.7. The standard InChI is InChI=1S/C16H30O7S/c1-5-7-9-13(3)20-14(17)10-11-15(18)21-16(4,12-8-6-2)24-23-22-19/h13,19H,5-12H2,1-4H3. The van der Waals surface area contributed by atoms with Gasteiger partial charge in [0.25, 0.3) is 0 Å². The molecule has 0 rings (SSSR count). The SMILES string of the molecule is CCCCC(C)OC(=O)CCC(=O)OC(C)(CCCC)SOOO. The molecule has 0 heterocycles. The molecule has 24 heavy (non-hydrogen) atoms. The van der Waals surface area contributed by atoms with E-state index in [2.05, 4.69) is 16.3 Å². The zero-order chi connectivity index (χ0) is 18.4. The highest BCUT2D eigenvalue weighted by molar-refractivity contribution is 7.95. The van der Waals surface area contributed by atoms with E-state index in [0.29, 0.717) is 18.5 Å². The summed E-state index contributed by atoms with van der Waals surface area (Å²) in [5.41, 5.74) is 0. The van der Waals surface area contributed by atoms with Gasteiger partial charge in [-0.3, -0.25) is 9.59 Å². The van der Waals surface area contributed by atoms with Gasteiger partial charge >= 0.3 is 11.9 Å². The van der Waals surface area contributed by atoms with Crippen molar-refractivity contribution in [3.8, 4) is 0 Å². The highest BCUT2D eigenvalue weighted by Gasteiger charge is 2.31. The molecule has 1 N–H and O–H groups in total. The van der Waals surface area contributed by atoms with Crippen molar-refractivity contribution in [2.75, 3.05) is 0 Å². The first-order chi connectivity index (χ1) is 11.4. The molecule has 0 aromatic heterocycles. The van der Waals surface area contributed by atoms with E-state index >= 15 is 0 Å². The molecule has 0 aromatic carbocycles. The molecule has 0 radical (unpaired) electrons. The van der Waals surface area contributed by atoms with Crippen LogP contribution in [0.3, 0.4) is 0 Å². The van der Waals surface area contributed by atoms with Crippen molar-refractivity contribution in [3.05, 3.63) is 0 Å². The minimum Gasteiger partial charge on any atom is -0.463 e. The van der Waals surface area contributed by atoms with Gasteiger partial charge < -0.3 is 9.47 Å². The van der Waals surface area contributed by atoms with Crippen LogP contribution >= 0.6 is 12.0 Å². The molecule has 0 aliphatic carbocycles. The highest BCUT2D eigenvalue weighted by atomic mass is 32.2. The molecule has 2 unspecified atom stereocenters. The lowest BCUT2D eigenvalue weighted by atomic mass is 10.2. The number of carbonyl (C=O) groups excluding carboxylic acids is 2. The van der Waals surface area contributed by atoms with Gasteiger partial charge in [-0.1, -0.05) is 38.1 Å². The van der Waals surface area contributed by atoms with Gasteiger partial charge in [0.2, 0.25) is 0 Å². The summed E-state index contributed by atoms with van der Waals surface area (Å²) in [7, 11) is 0. The van der Waals surface area contributed by atoms with Gasteiger partial charge in [0.15, 0.2) is 4.93 Å². The van der Waals surface area contributed by atoms with E-state index in [4.69, 9.17) is 14.7 Å². The van der Waals surface area contributed by atoms with Gasteiger partial charge in [-0.05, 0) is 33.1 Å². The summed E-state index contributed by atoms with van der Waals surface area (Å²) >= 11 is 0.715. The molecule has 0 spiro atoms. The van der Waals surface area contributed by atoms with E-state index in [1.807, 2.05) is 13.8 Å². The van der Waals surface area contributed by atoms with Crippen molar-refractivity contribution in [2.24, 2.45) is 0 Å². The molecule has 7 nitrogen and oxygen atoms in total. The zero-order valence-corrected chi connectivity index (χ0v) is 15.9. The lowest BCUT2D eigenvalue weighted by molar-refractivity contribution is -0.433. The van der Waals surface area contributed by atoms with Gasteiger partial charge in [0.05, 0.1) is 31.0 Å². The Bertz CT molecular complexity index is 354. The fourth-order valence-electron chi connectivity index (χ4n) is 2.02. The van der Waals surface area contributed by atoms with Gasteiger partial charge in [0.1, 0.15) is 0 Å². The Morgan fingerprint density at radius 2 is 1.75 bits per heavy atom. The van der Waals surface area contributed by atoms with Crippen LogP contribution in [0.25, 0.3) is 0 Å². The van der Waals surface area contributed by atoms with Crippen LogP contribution in [-0.2, 0) is 28.4 Å². The number of esters is 2. The second-order valence-electron chi connectivity index (χ2n) is 5.88. The average Bonchev–Trinajstić information content (AvgIpc) is 2.54. The van der Waals surface area contributed by atoms with Crippen LogP contribution in [0.15, 0.2) is 0 Å². The Balaban J connectivity index is 4.25. The van der Waals surface area contributed by atoms with E-state index in [9.17, 15) is 9.59 Å². The lowest BCUT2D eigenvalue weighted by Gasteiger charge is -2.26.